The number of nitrogens with one attached hydrogen (secondary N) is 1. The highest BCUT2D eigenvalue weighted by molar-refractivity contribution is 9.10. The zero-order chi connectivity index (χ0) is 15.5. The molecule has 0 bridgehead atoms. The number of halogens is 1. The van der Waals surface area contributed by atoms with E-state index in [4.69, 9.17) is 4.98 Å². The molecule has 22 heavy (non-hydrogen) atoms. The van der Waals surface area contributed by atoms with E-state index < -0.39 is 10.8 Å². The summed E-state index contributed by atoms with van der Waals surface area (Å²) in [5.74, 6) is 1.68. The van der Waals surface area contributed by atoms with Crippen LogP contribution in [0.2, 0.25) is 0 Å². The number of anilines is 1. The monoisotopic (exact) mass is 380 g/mol. The lowest BCUT2D eigenvalue weighted by molar-refractivity contribution is 0.464. The van der Waals surface area contributed by atoms with Gasteiger partial charge in [0.1, 0.15) is 5.82 Å². The molecule has 0 saturated heterocycles. The first kappa shape index (κ1) is 15.9. The largest absolute Gasteiger partial charge is 0.367 e. The van der Waals surface area contributed by atoms with E-state index in [1.807, 2.05) is 25.1 Å². The molecule has 3 unspecified atom stereocenters. The summed E-state index contributed by atoms with van der Waals surface area (Å²) in [4.78, 5) is 4.69. The first-order valence-electron chi connectivity index (χ1n) is 7.85. The Hall–Kier alpha value is -0.940. The maximum Gasteiger partial charge on any atom is 0.126 e. The number of benzene rings is 1. The second-order valence-corrected chi connectivity index (χ2v) is 8.75. The second-order valence-electron chi connectivity index (χ2n) is 5.83. The van der Waals surface area contributed by atoms with Crippen molar-refractivity contribution in [3.05, 3.63) is 34.8 Å². The Bertz CT molecular complexity index is 691. The number of nitrogens with zero attached hydrogens (tertiary/aromatic N) is 1. The molecule has 0 aliphatic heterocycles. The highest BCUT2D eigenvalue weighted by Gasteiger charge is 2.25. The first-order valence-corrected chi connectivity index (χ1v) is 10.0. The standard InChI is InChI=1S/C17H21BrN2OS/c1-2-22(21)15-5-3-4-14(11-15)19-17-9-6-12-10-13(18)7-8-16(12)20-17/h6-10,14-15H,2-5,11H2,1H3,(H,19,20). The van der Waals surface area contributed by atoms with Crippen LogP contribution in [0.25, 0.3) is 10.9 Å². The highest BCUT2D eigenvalue weighted by atomic mass is 79.9. The molecule has 1 aromatic heterocycles. The van der Waals surface area contributed by atoms with Crippen molar-refractivity contribution in [2.45, 2.75) is 43.9 Å². The number of pyridine rings is 1. The molecule has 3 atom stereocenters. The van der Waals surface area contributed by atoms with Gasteiger partial charge in [-0.15, -0.1) is 0 Å². The van der Waals surface area contributed by atoms with Crippen molar-refractivity contribution in [1.82, 2.24) is 4.98 Å². The summed E-state index contributed by atoms with van der Waals surface area (Å²) in [5, 5.41) is 5.01. The van der Waals surface area contributed by atoms with Gasteiger partial charge in [-0.3, -0.25) is 4.21 Å². The highest BCUT2D eigenvalue weighted by Crippen LogP contribution is 2.26. The van der Waals surface area contributed by atoms with Crippen LogP contribution in [0.5, 0.6) is 0 Å². The topological polar surface area (TPSA) is 42.0 Å². The normalized spacial score (nSPS) is 23.4. The number of hydrogen-bond donors (Lipinski definition) is 1. The van der Waals surface area contributed by atoms with E-state index in [2.05, 4.69) is 33.4 Å². The fraction of sp³-hybridized carbons (Fsp3) is 0.471. The van der Waals surface area contributed by atoms with Gasteiger partial charge < -0.3 is 5.32 Å². The van der Waals surface area contributed by atoms with Crippen molar-refractivity contribution < 1.29 is 4.21 Å². The summed E-state index contributed by atoms with van der Waals surface area (Å²) in [5.41, 5.74) is 0.998. The van der Waals surface area contributed by atoms with Crippen LogP contribution in [0.15, 0.2) is 34.8 Å². The quantitative estimate of drug-likeness (QED) is 0.849. The van der Waals surface area contributed by atoms with E-state index in [1.165, 1.54) is 0 Å². The van der Waals surface area contributed by atoms with Gasteiger partial charge in [-0.25, -0.2) is 4.98 Å². The Kier molecular flexibility index (Phi) is 5.14. The minimum absolute atomic E-state index is 0.340. The lowest BCUT2D eigenvalue weighted by Gasteiger charge is -2.29. The van der Waals surface area contributed by atoms with Crippen molar-refractivity contribution in [2.24, 2.45) is 0 Å². The summed E-state index contributed by atoms with van der Waals surface area (Å²) in [6.07, 6.45) is 4.37. The van der Waals surface area contributed by atoms with Crippen molar-refractivity contribution in [3.63, 3.8) is 0 Å². The molecule has 0 radical (unpaired) electrons. The minimum Gasteiger partial charge on any atom is -0.367 e. The summed E-state index contributed by atoms with van der Waals surface area (Å²) < 4.78 is 13.1. The Morgan fingerprint density at radius 3 is 3.00 bits per heavy atom. The van der Waals surface area contributed by atoms with Crippen molar-refractivity contribution in [1.29, 1.82) is 0 Å². The maximum absolute atomic E-state index is 12.0. The van der Waals surface area contributed by atoms with Crippen LogP contribution in [0.4, 0.5) is 5.82 Å². The molecule has 5 heteroatoms. The summed E-state index contributed by atoms with van der Waals surface area (Å²) >= 11 is 3.49. The third-order valence-electron chi connectivity index (χ3n) is 4.29. The van der Waals surface area contributed by atoms with Gasteiger partial charge >= 0.3 is 0 Å². The predicted octanol–water partition coefficient (Wildman–Crippen LogP) is 4.49. The molecule has 0 amide bonds. The number of fused-ring (bicyclic) bond motifs is 1. The molecule has 1 aliphatic carbocycles. The molecular formula is C17H21BrN2OS. The number of aromatic nitrogens is 1. The van der Waals surface area contributed by atoms with E-state index >= 15 is 0 Å². The van der Waals surface area contributed by atoms with Crippen molar-refractivity contribution >= 4 is 43.5 Å². The maximum atomic E-state index is 12.0. The van der Waals surface area contributed by atoms with Crippen LogP contribution in [0, 0.1) is 0 Å². The number of rotatable bonds is 4. The van der Waals surface area contributed by atoms with Crippen LogP contribution in [-0.4, -0.2) is 26.2 Å². The van der Waals surface area contributed by atoms with Gasteiger partial charge in [0.25, 0.3) is 0 Å². The summed E-state index contributed by atoms with van der Waals surface area (Å²) in [7, 11) is -0.683. The average Bonchev–Trinajstić information content (AvgIpc) is 2.54. The Morgan fingerprint density at radius 1 is 1.32 bits per heavy atom. The van der Waals surface area contributed by atoms with E-state index in [1.54, 1.807) is 0 Å². The molecule has 1 fully saturated rings. The molecule has 3 rings (SSSR count). The fourth-order valence-electron chi connectivity index (χ4n) is 3.14. The van der Waals surface area contributed by atoms with Crippen LogP contribution in [-0.2, 0) is 10.8 Å². The van der Waals surface area contributed by atoms with E-state index in [-0.39, 0.29) is 0 Å². The molecule has 3 nitrogen and oxygen atoms in total. The summed E-state index contributed by atoms with van der Waals surface area (Å²) in [6.45, 7) is 2.01. The van der Waals surface area contributed by atoms with Crippen molar-refractivity contribution in [3.8, 4) is 0 Å². The van der Waals surface area contributed by atoms with Gasteiger partial charge in [-0.1, -0.05) is 29.3 Å². The van der Waals surface area contributed by atoms with E-state index in [0.29, 0.717) is 11.3 Å². The third kappa shape index (κ3) is 3.69. The fourth-order valence-corrected chi connectivity index (χ4v) is 4.86. The van der Waals surface area contributed by atoms with E-state index in [9.17, 15) is 4.21 Å². The molecule has 1 saturated carbocycles. The minimum atomic E-state index is -0.683. The molecular weight excluding hydrogens is 360 g/mol. The molecule has 0 spiro atoms. The van der Waals surface area contributed by atoms with Gasteiger partial charge in [-0.05, 0) is 49.6 Å². The molecule has 1 aromatic carbocycles. The van der Waals surface area contributed by atoms with Gasteiger partial charge in [0, 0.05) is 37.7 Å². The van der Waals surface area contributed by atoms with Gasteiger partial charge in [0.15, 0.2) is 0 Å². The Balaban J connectivity index is 1.72. The average molecular weight is 381 g/mol. The molecule has 1 N–H and O–H groups in total. The summed E-state index contributed by atoms with van der Waals surface area (Å²) in [6, 6.07) is 10.6. The third-order valence-corrected chi connectivity index (χ3v) is 6.52. The second kappa shape index (κ2) is 7.09. The Labute approximate surface area is 142 Å². The lowest BCUT2D eigenvalue weighted by atomic mass is 9.95. The van der Waals surface area contributed by atoms with Crippen molar-refractivity contribution in [2.75, 3.05) is 11.1 Å². The molecule has 2 aromatic rings. The first-order chi connectivity index (χ1) is 10.7. The SMILES string of the molecule is CCS(=O)C1CCCC(Nc2ccc3cc(Br)ccc3n2)C1. The van der Waals surface area contributed by atoms with Gasteiger partial charge in [-0.2, -0.15) is 0 Å². The predicted molar refractivity (Wildman–Crippen MR) is 97.8 cm³/mol. The molecule has 1 aliphatic rings. The zero-order valence-electron chi connectivity index (χ0n) is 12.7. The smallest absolute Gasteiger partial charge is 0.126 e. The number of hydrogen-bond acceptors (Lipinski definition) is 3. The molecule has 1 heterocycles. The van der Waals surface area contributed by atoms with Gasteiger partial charge in [0.05, 0.1) is 5.52 Å². The van der Waals surface area contributed by atoms with Crippen LogP contribution < -0.4 is 5.32 Å². The van der Waals surface area contributed by atoms with Crippen LogP contribution >= 0.6 is 15.9 Å². The zero-order valence-corrected chi connectivity index (χ0v) is 15.1. The van der Waals surface area contributed by atoms with Gasteiger partial charge in [0.2, 0.25) is 0 Å². The van der Waals surface area contributed by atoms with E-state index in [0.717, 1.165) is 52.6 Å². The Morgan fingerprint density at radius 2 is 2.18 bits per heavy atom. The lowest BCUT2D eigenvalue weighted by Crippen LogP contribution is -2.33. The van der Waals surface area contributed by atoms with Crippen LogP contribution in [0.1, 0.15) is 32.6 Å². The molecule has 118 valence electrons. The van der Waals surface area contributed by atoms with Crippen LogP contribution in [0.3, 0.4) is 0 Å².